The summed E-state index contributed by atoms with van der Waals surface area (Å²) in [4.78, 5) is 0. The summed E-state index contributed by atoms with van der Waals surface area (Å²) in [6.45, 7) is 0. The predicted octanol–water partition coefficient (Wildman–Crippen LogP) is 10.7. The van der Waals surface area contributed by atoms with Crippen LogP contribution in [0.3, 0.4) is 0 Å². The van der Waals surface area contributed by atoms with E-state index in [2.05, 4.69) is 84.9 Å². The summed E-state index contributed by atoms with van der Waals surface area (Å²) in [6.07, 6.45) is 0. The predicted molar refractivity (Wildman–Crippen MR) is 159 cm³/mol. The third kappa shape index (κ3) is 2.82. The van der Waals surface area contributed by atoms with Crippen molar-refractivity contribution < 1.29 is 13.3 Å². The second-order valence-corrected chi connectivity index (χ2v) is 10.0. The van der Waals surface area contributed by atoms with Gasteiger partial charge in [0, 0.05) is 37.9 Å². The summed E-state index contributed by atoms with van der Waals surface area (Å²) in [5, 5.41) is 6.63. The molecule has 0 spiro atoms. The van der Waals surface area contributed by atoms with E-state index in [0.717, 1.165) is 88.1 Å². The fraction of sp³-hybridized carbons (Fsp3) is 0. The Bertz CT molecular complexity index is 2400. The fourth-order valence-corrected chi connectivity index (χ4v) is 6.30. The molecular weight excluding hydrogens is 480 g/mol. The molecule has 0 aliphatic rings. The highest BCUT2D eigenvalue weighted by Crippen LogP contribution is 2.48. The first-order chi connectivity index (χ1) is 19.3. The fourth-order valence-electron chi connectivity index (χ4n) is 6.30. The molecule has 0 bridgehead atoms. The first-order valence-corrected chi connectivity index (χ1v) is 13.1. The van der Waals surface area contributed by atoms with Crippen LogP contribution < -0.4 is 0 Å². The van der Waals surface area contributed by atoms with Gasteiger partial charge in [0.25, 0.3) is 0 Å². The van der Waals surface area contributed by atoms with E-state index in [1.165, 1.54) is 0 Å². The zero-order chi connectivity index (χ0) is 25.5. The minimum absolute atomic E-state index is 0.865. The van der Waals surface area contributed by atoms with Crippen molar-refractivity contribution >= 4 is 65.8 Å². The van der Waals surface area contributed by atoms with E-state index in [1.807, 2.05) is 36.4 Å². The number of para-hydroxylation sites is 3. The van der Waals surface area contributed by atoms with Crippen molar-refractivity contribution in [2.75, 3.05) is 0 Å². The molecule has 9 aromatic rings. The normalized spacial score (nSPS) is 12.1. The van der Waals surface area contributed by atoms with Crippen LogP contribution in [0.5, 0.6) is 0 Å². The largest absolute Gasteiger partial charge is 0.456 e. The Hall–Kier alpha value is -5.28. The van der Waals surface area contributed by atoms with Crippen LogP contribution in [0.1, 0.15) is 0 Å². The van der Waals surface area contributed by atoms with Gasteiger partial charge in [0.2, 0.25) is 0 Å². The average molecular weight is 501 g/mol. The molecule has 182 valence electrons. The van der Waals surface area contributed by atoms with Crippen molar-refractivity contribution in [3.8, 4) is 22.3 Å². The number of furan rings is 3. The summed E-state index contributed by atoms with van der Waals surface area (Å²) in [6, 6.07) is 41.8. The maximum atomic E-state index is 6.39. The van der Waals surface area contributed by atoms with E-state index in [-0.39, 0.29) is 0 Å². The Kier molecular flexibility index (Phi) is 4.05. The minimum atomic E-state index is 0.865. The standard InChI is InChI=1S/C36H20O3/c1-4-14-27-23(9-1)33-21(12-7-17-30(33)37-27)22-19-20-32-36(25-11-3-6-16-29(25)39-32)35(22)26-13-8-18-31-34(26)24-10-2-5-15-28(24)38-31/h1-20H. The maximum absolute atomic E-state index is 6.39. The van der Waals surface area contributed by atoms with E-state index in [4.69, 9.17) is 13.3 Å². The van der Waals surface area contributed by atoms with Gasteiger partial charge in [-0.1, -0.05) is 78.9 Å². The lowest BCUT2D eigenvalue weighted by atomic mass is 9.87. The van der Waals surface area contributed by atoms with E-state index in [9.17, 15) is 0 Å². The lowest BCUT2D eigenvalue weighted by molar-refractivity contribution is 0.668. The lowest BCUT2D eigenvalue weighted by Gasteiger charge is -2.14. The zero-order valence-corrected chi connectivity index (χ0v) is 20.8. The van der Waals surface area contributed by atoms with Crippen LogP contribution in [0, 0.1) is 0 Å². The first kappa shape index (κ1) is 20.7. The van der Waals surface area contributed by atoms with Gasteiger partial charge in [0.05, 0.1) is 0 Å². The van der Waals surface area contributed by atoms with E-state index >= 15 is 0 Å². The number of fused-ring (bicyclic) bond motifs is 9. The molecule has 0 fully saturated rings. The van der Waals surface area contributed by atoms with Gasteiger partial charge in [-0.05, 0) is 59.2 Å². The van der Waals surface area contributed by atoms with Gasteiger partial charge in [-0.25, -0.2) is 0 Å². The summed E-state index contributed by atoms with van der Waals surface area (Å²) in [5.74, 6) is 0. The molecular formula is C36H20O3. The first-order valence-electron chi connectivity index (χ1n) is 13.1. The van der Waals surface area contributed by atoms with Crippen molar-refractivity contribution in [1.82, 2.24) is 0 Å². The molecule has 3 aromatic heterocycles. The highest BCUT2D eigenvalue weighted by Gasteiger charge is 2.23. The number of rotatable bonds is 2. The maximum Gasteiger partial charge on any atom is 0.136 e. The number of hydrogen-bond acceptors (Lipinski definition) is 3. The molecule has 3 heterocycles. The lowest BCUT2D eigenvalue weighted by Crippen LogP contribution is -1.89. The summed E-state index contributed by atoms with van der Waals surface area (Å²) in [5.41, 5.74) is 9.77. The van der Waals surface area contributed by atoms with Crippen LogP contribution in [-0.2, 0) is 0 Å². The summed E-state index contributed by atoms with van der Waals surface area (Å²) >= 11 is 0. The Balaban J connectivity index is 1.51. The van der Waals surface area contributed by atoms with Gasteiger partial charge in [-0.3, -0.25) is 0 Å². The molecule has 0 aliphatic carbocycles. The molecule has 3 heteroatoms. The van der Waals surface area contributed by atoms with Crippen LogP contribution in [0.25, 0.3) is 88.1 Å². The molecule has 39 heavy (non-hydrogen) atoms. The van der Waals surface area contributed by atoms with Crippen LogP contribution in [-0.4, -0.2) is 0 Å². The van der Waals surface area contributed by atoms with Gasteiger partial charge in [0.15, 0.2) is 0 Å². The molecule has 0 N–H and O–H groups in total. The van der Waals surface area contributed by atoms with Crippen molar-refractivity contribution in [2.45, 2.75) is 0 Å². The molecule has 6 aromatic carbocycles. The number of benzene rings is 6. The summed E-state index contributed by atoms with van der Waals surface area (Å²) in [7, 11) is 0. The van der Waals surface area contributed by atoms with Gasteiger partial charge < -0.3 is 13.3 Å². The quantitative estimate of drug-likeness (QED) is 0.237. The molecule has 0 atom stereocenters. The smallest absolute Gasteiger partial charge is 0.136 e. The minimum Gasteiger partial charge on any atom is -0.456 e. The Morgan fingerprint density at radius 2 is 0.718 bits per heavy atom. The second-order valence-electron chi connectivity index (χ2n) is 10.0. The summed E-state index contributed by atoms with van der Waals surface area (Å²) < 4.78 is 19.0. The van der Waals surface area contributed by atoms with Crippen molar-refractivity contribution in [3.05, 3.63) is 121 Å². The van der Waals surface area contributed by atoms with Crippen LogP contribution in [0.2, 0.25) is 0 Å². The highest BCUT2D eigenvalue weighted by atomic mass is 16.3. The molecule has 0 saturated heterocycles. The van der Waals surface area contributed by atoms with Crippen LogP contribution in [0.15, 0.2) is 135 Å². The monoisotopic (exact) mass is 500 g/mol. The average Bonchev–Trinajstić information content (AvgIpc) is 3.67. The van der Waals surface area contributed by atoms with E-state index in [1.54, 1.807) is 0 Å². The van der Waals surface area contributed by atoms with E-state index in [0.29, 0.717) is 0 Å². The molecule has 3 nitrogen and oxygen atoms in total. The Labute approximate surface area is 222 Å². The zero-order valence-electron chi connectivity index (χ0n) is 20.8. The van der Waals surface area contributed by atoms with Crippen LogP contribution >= 0.6 is 0 Å². The SMILES string of the molecule is c1ccc2c(c1)oc1cccc(-c3ccc4oc5ccccc5c4c3-c3cccc4oc5ccccc5c34)c12. The molecule has 0 unspecified atom stereocenters. The van der Waals surface area contributed by atoms with Gasteiger partial charge in [-0.2, -0.15) is 0 Å². The van der Waals surface area contributed by atoms with E-state index < -0.39 is 0 Å². The Morgan fingerprint density at radius 3 is 1.31 bits per heavy atom. The second kappa shape index (κ2) is 7.62. The number of hydrogen-bond donors (Lipinski definition) is 0. The molecule has 0 radical (unpaired) electrons. The van der Waals surface area contributed by atoms with Crippen LogP contribution in [0.4, 0.5) is 0 Å². The molecule has 0 saturated carbocycles. The highest BCUT2D eigenvalue weighted by molar-refractivity contribution is 6.24. The van der Waals surface area contributed by atoms with Gasteiger partial charge in [-0.15, -0.1) is 0 Å². The Morgan fingerprint density at radius 1 is 0.282 bits per heavy atom. The van der Waals surface area contributed by atoms with Gasteiger partial charge >= 0.3 is 0 Å². The topological polar surface area (TPSA) is 39.4 Å². The third-order valence-electron chi connectivity index (χ3n) is 7.91. The van der Waals surface area contributed by atoms with Crippen molar-refractivity contribution in [3.63, 3.8) is 0 Å². The molecule has 0 aliphatic heterocycles. The van der Waals surface area contributed by atoms with Crippen molar-refractivity contribution in [2.24, 2.45) is 0 Å². The molecule has 0 amide bonds. The van der Waals surface area contributed by atoms with Gasteiger partial charge in [0.1, 0.15) is 33.5 Å². The third-order valence-corrected chi connectivity index (χ3v) is 7.91. The van der Waals surface area contributed by atoms with Crippen molar-refractivity contribution in [1.29, 1.82) is 0 Å². The molecule has 9 rings (SSSR count).